The van der Waals surface area contributed by atoms with Crippen molar-refractivity contribution in [3.05, 3.63) is 59.9 Å². The first-order chi connectivity index (χ1) is 10.1. The van der Waals surface area contributed by atoms with Crippen LogP contribution in [0.1, 0.15) is 17.7 Å². The number of ether oxygens (including phenoxy) is 1. The Morgan fingerprint density at radius 3 is 2.76 bits per heavy atom. The molecule has 1 N–H and O–H groups in total. The molecule has 4 nitrogen and oxygen atoms in total. The Bertz CT molecular complexity index is 611. The van der Waals surface area contributed by atoms with Gasteiger partial charge in [-0.05, 0) is 43.7 Å². The maximum atomic E-state index is 10.5. The van der Waals surface area contributed by atoms with Crippen LogP contribution >= 0.6 is 0 Å². The Balaban J connectivity index is 1.80. The molecule has 2 aromatic rings. The Kier molecular flexibility index (Phi) is 5.21. The highest BCUT2D eigenvalue weighted by molar-refractivity contribution is 5.84. The quantitative estimate of drug-likeness (QED) is 0.627. The summed E-state index contributed by atoms with van der Waals surface area (Å²) in [6.45, 7) is 3.46. The van der Waals surface area contributed by atoms with E-state index in [-0.39, 0.29) is 0 Å². The summed E-state index contributed by atoms with van der Waals surface area (Å²) >= 11 is 0. The number of nitrogens with zero attached hydrogens (tertiary/aromatic N) is 1. The van der Waals surface area contributed by atoms with Crippen molar-refractivity contribution in [3.63, 3.8) is 0 Å². The Labute approximate surface area is 124 Å². The van der Waals surface area contributed by atoms with E-state index in [4.69, 9.17) is 9.84 Å². The zero-order chi connectivity index (χ0) is 15.1. The second kappa shape index (κ2) is 7.33. The van der Waals surface area contributed by atoms with E-state index in [2.05, 4.69) is 0 Å². The number of carboxylic acids is 1. The molecule has 1 heterocycles. The first-order valence-corrected chi connectivity index (χ1v) is 6.91. The van der Waals surface area contributed by atoms with E-state index in [1.165, 1.54) is 5.56 Å². The second-order valence-electron chi connectivity index (χ2n) is 4.81. The number of carboxylic acid groups (broad SMARTS) is 1. The van der Waals surface area contributed by atoms with Crippen LogP contribution in [0.3, 0.4) is 0 Å². The van der Waals surface area contributed by atoms with Crippen molar-refractivity contribution in [1.29, 1.82) is 0 Å². The lowest BCUT2D eigenvalue weighted by Crippen LogP contribution is -2.05. The van der Waals surface area contributed by atoms with Crippen LogP contribution in [-0.2, 0) is 11.3 Å². The molecule has 0 spiro atoms. The van der Waals surface area contributed by atoms with Crippen LogP contribution in [-0.4, -0.2) is 22.2 Å². The maximum Gasteiger partial charge on any atom is 0.328 e. The number of hydrogen-bond donors (Lipinski definition) is 1. The first-order valence-electron chi connectivity index (χ1n) is 6.91. The summed E-state index contributed by atoms with van der Waals surface area (Å²) in [6.07, 6.45) is 5.54. The van der Waals surface area contributed by atoms with Crippen molar-refractivity contribution < 1.29 is 14.6 Å². The molecule has 0 aliphatic carbocycles. The van der Waals surface area contributed by atoms with Crippen LogP contribution in [0.2, 0.25) is 0 Å². The highest BCUT2D eigenvalue weighted by Crippen LogP contribution is 2.12. The van der Waals surface area contributed by atoms with Crippen LogP contribution in [0.5, 0.6) is 5.75 Å². The monoisotopic (exact) mass is 285 g/mol. The van der Waals surface area contributed by atoms with Crippen LogP contribution in [0.4, 0.5) is 0 Å². The van der Waals surface area contributed by atoms with E-state index >= 15 is 0 Å². The second-order valence-corrected chi connectivity index (χ2v) is 4.81. The fraction of sp³-hybridized carbons (Fsp3) is 0.235. The molecule has 0 aliphatic heterocycles. The third-order valence-corrected chi connectivity index (χ3v) is 3.09. The van der Waals surface area contributed by atoms with Gasteiger partial charge in [0.2, 0.25) is 0 Å². The molecule has 0 unspecified atom stereocenters. The molecule has 0 radical (unpaired) electrons. The summed E-state index contributed by atoms with van der Waals surface area (Å²) in [5, 5.41) is 8.65. The molecule has 1 aromatic carbocycles. The molecule has 0 saturated carbocycles. The predicted octanol–water partition coefficient (Wildman–Crippen LogP) is 3.36. The summed E-state index contributed by atoms with van der Waals surface area (Å²) < 4.78 is 7.68. The highest BCUT2D eigenvalue weighted by atomic mass is 16.5. The largest absolute Gasteiger partial charge is 0.494 e. The maximum absolute atomic E-state index is 10.5. The number of aliphatic carboxylic acids is 1. The van der Waals surface area contributed by atoms with E-state index in [0.29, 0.717) is 6.61 Å². The molecule has 0 atom stereocenters. The van der Waals surface area contributed by atoms with E-state index in [0.717, 1.165) is 30.5 Å². The van der Waals surface area contributed by atoms with E-state index in [1.807, 2.05) is 54.1 Å². The third-order valence-electron chi connectivity index (χ3n) is 3.09. The molecule has 0 saturated heterocycles. The van der Waals surface area contributed by atoms with Gasteiger partial charge in [-0.2, -0.15) is 0 Å². The van der Waals surface area contributed by atoms with Gasteiger partial charge in [-0.1, -0.05) is 17.7 Å². The van der Waals surface area contributed by atoms with Gasteiger partial charge in [-0.3, -0.25) is 0 Å². The van der Waals surface area contributed by atoms with Gasteiger partial charge in [-0.15, -0.1) is 0 Å². The minimum absolute atomic E-state index is 0.628. The lowest BCUT2D eigenvalue weighted by molar-refractivity contribution is -0.131. The van der Waals surface area contributed by atoms with Gasteiger partial charge in [0.25, 0.3) is 0 Å². The fourth-order valence-corrected chi connectivity index (χ4v) is 2.00. The summed E-state index contributed by atoms with van der Waals surface area (Å²) in [6, 6.07) is 11.8. The average Bonchev–Trinajstić information content (AvgIpc) is 2.91. The Hall–Kier alpha value is -2.49. The number of aryl methyl sites for hydroxylation is 2. The third kappa shape index (κ3) is 4.84. The highest BCUT2D eigenvalue weighted by Gasteiger charge is 1.99. The van der Waals surface area contributed by atoms with Crippen LogP contribution in [0, 0.1) is 6.92 Å². The zero-order valence-corrected chi connectivity index (χ0v) is 12.0. The van der Waals surface area contributed by atoms with Gasteiger partial charge in [-0.25, -0.2) is 4.79 Å². The van der Waals surface area contributed by atoms with Crippen molar-refractivity contribution in [2.75, 3.05) is 6.61 Å². The standard InChI is InChI=1S/C17H19NO3/c1-14-5-8-16(9-6-14)21-13-3-12-18-11-2-4-15(18)7-10-17(19)20/h2,4-11H,3,12-13H2,1H3,(H,19,20)/b10-7+. The Morgan fingerprint density at radius 2 is 2.05 bits per heavy atom. The SMILES string of the molecule is Cc1ccc(OCCCn2cccc2/C=C/C(=O)O)cc1. The molecule has 4 heteroatoms. The van der Waals surface area contributed by atoms with E-state index < -0.39 is 5.97 Å². The molecule has 2 rings (SSSR count). The topological polar surface area (TPSA) is 51.5 Å². The number of carbonyl (C=O) groups is 1. The van der Waals surface area contributed by atoms with Gasteiger partial charge < -0.3 is 14.4 Å². The van der Waals surface area contributed by atoms with Crippen molar-refractivity contribution in [2.45, 2.75) is 19.9 Å². The van der Waals surface area contributed by atoms with Crippen molar-refractivity contribution >= 4 is 12.0 Å². The fourth-order valence-electron chi connectivity index (χ4n) is 2.00. The predicted molar refractivity (Wildman–Crippen MR) is 82.4 cm³/mol. The molecule has 0 amide bonds. The summed E-state index contributed by atoms with van der Waals surface area (Å²) in [5.41, 5.74) is 2.09. The number of rotatable bonds is 7. The number of benzene rings is 1. The molecule has 110 valence electrons. The van der Waals surface area contributed by atoms with Gasteiger partial charge in [0.15, 0.2) is 0 Å². The number of aromatic nitrogens is 1. The van der Waals surface area contributed by atoms with E-state index in [1.54, 1.807) is 6.08 Å². The minimum atomic E-state index is -0.939. The summed E-state index contributed by atoms with van der Waals surface area (Å²) in [7, 11) is 0. The van der Waals surface area contributed by atoms with Crippen molar-refractivity contribution in [2.24, 2.45) is 0 Å². The zero-order valence-electron chi connectivity index (χ0n) is 12.0. The first kappa shape index (κ1) is 14.9. The van der Waals surface area contributed by atoms with Crippen LogP contribution in [0.15, 0.2) is 48.7 Å². The van der Waals surface area contributed by atoms with Gasteiger partial charge >= 0.3 is 5.97 Å². The molecular weight excluding hydrogens is 266 g/mol. The Morgan fingerprint density at radius 1 is 1.29 bits per heavy atom. The van der Waals surface area contributed by atoms with Crippen LogP contribution in [0.25, 0.3) is 6.08 Å². The molecule has 21 heavy (non-hydrogen) atoms. The normalized spacial score (nSPS) is 10.9. The summed E-state index contributed by atoms with van der Waals surface area (Å²) in [4.78, 5) is 10.5. The van der Waals surface area contributed by atoms with Gasteiger partial charge in [0, 0.05) is 24.5 Å². The van der Waals surface area contributed by atoms with Crippen molar-refractivity contribution in [1.82, 2.24) is 4.57 Å². The van der Waals surface area contributed by atoms with Crippen LogP contribution < -0.4 is 4.74 Å². The van der Waals surface area contributed by atoms with Gasteiger partial charge in [0.1, 0.15) is 5.75 Å². The molecule has 0 aliphatic rings. The molecular formula is C17H19NO3. The van der Waals surface area contributed by atoms with Gasteiger partial charge in [0.05, 0.1) is 6.61 Å². The minimum Gasteiger partial charge on any atom is -0.494 e. The van der Waals surface area contributed by atoms with Crippen molar-refractivity contribution in [3.8, 4) is 5.75 Å². The molecule has 0 fully saturated rings. The smallest absolute Gasteiger partial charge is 0.328 e. The molecule has 1 aromatic heterocycles. The average molecular weight is 285 g/mol. The number of hydrogen-bond acceptors (Lipinski definition) is 2. The lowest BCUT2D eigenvalue weighted by atomic mass is 10.2. The lowest BCUT2D eigenvalue weighted by Gasteiger charge is -2.08. The summed E-state index contributed by atoms with van der Waals surface area (Å²) in [5.74, 6) is -0.0652. The van der Waals surface area contributed by atoms with E-state index in [9.17, 15) is 4.79 Å². The molecule has 0 bridgehead atoms.